The van der Waals surface area contributed by atoms with Crippen molar-refractivity contribution in [1.29, 1.82) is 5.26 Å². The Morgan fingerprint density at radius 2 is 1.87 bits per heavy atom. The molecule has 0 aliphatic heterocycles. The highest BCUT2D eigenvalue weighted by Gasteiger charge is 2.05. The molecule has 0 radical (unpaired) electrons. The lowest BCUT2D eigenvalue weighted by Gasteiger charge is -2.22. The molecule has 1 aromatic rings. The van der Waals surface area contributed by atoms with Crippen LogP contribution in [0.25, 0.3) is 0 Å². The molecule has 0 N–H and O–H groups in total. The summed E-state index contributed by atoms with van der Waals surface area (Å²) >= 11 is 11.4. The van der Waals surface area contributed by atoms with Gasteiger partial charge in [-0.05, 0) is 18.2 Å². The number of hydrogen-bond donors (Lipinski definition) is 0. The molecule has 15 heavy (non-hydrogen) atoms. The van der Waals surface area contributed by atoms with Crippen molar-refractivity contribution in [3.8, 4) is 6.07 Å². The molecule has 0 saturated carbocycles. The van der Waals surface area contributed by atoms with Gasteiger partial charge in [-0.15, -0.1) is 23.2 Å². The van der Waals surface area contributed by atoms with Crippen LogP contribution in [0.3, 0.4) is 0 Å². The number of benzene rings is 1. The summed E-state index contributed by atoms with van der Waals surface area (Å²) in [6.07, 6.45) is 0. The Hall–Kier alpha value is -0.910. The number of alkyl halides is 2. The fourth-order valence-electron chi connectivity index (χ4n) is 1.35. The van der Waals surface area contributed by atoms with Gasteiger partial charge in [-0.1, -0.05) is 6.07 Å². The van der Waals surface area contributed by atoms with E-state index in [1.54, 1.807) is 6.07 Å². The quantitative estimate of drug-likeness (QED) is 0.743. The van der Waals surface area contributed by atoms with Gasteiger partial charge in [-0.25, -0.2) is 0 Å². The predicted molar refractivity (Wildman–Crippen MR) is 64.8 cm³/mol. The van der Waals surface area contributed by atoms with Crippen LogP contribution in [0.5, 0.6) is 0 Å². The first-order valence-corrected chi connectivity index (χ1v) is 5.75. The maximum atomic E-state index is 8.78. The summed E-state index contributed by atoms with van der Waals surface area (Å²) < 4.78 is 0. The summed E-state index contributed by atoms with van der Waals surface area (Å²) in [7, 11) is 0. The molecule has 0 heterocycles. The third kappa shape index (κ3) is 3.62. The topological polar surface area (TPSA) is 27.0 Å². The van der Waals surface area contributed by atoms with E-state index >= 15 is 0 Å². The normalized spacial score (nSPS) is 9.67. The molecular formula is C11H12Cl2N2. The van der Waals surface area contributed by atoms with E-state index in [1.807, 2.05) is 18.2 Å². The summed E-state index contributed by atoms with van der Waals surface area (Å²) in [4.78, 5) is 2.07. The number of halogens is 2. The smallest absolute Gasteiger partial charge is 0.0992 e. The van der Waals surface area contributed by atoms with Gasteiger partial charge in [0.2, 0.25) is 0 Å². The minimum absolute atomic E-state index is 0.549. The van der Waals surface area contributed by atoms with Crippen molar-refractivity contribution in [2.24, 2.45) is 0 Å². The van der Waals surface area contributed by atoms with Gasteiger partial charge in [-0.2, -0.15) is 5.26 Å². The van der Waals surface area contributed by atoms with E-state index in [0.717, 1.165) is 18.8 Å². The third-order valence-corrected chi connectivity index (χ3v) is 2.39. The van der Waals surface area contributed by atoms with Crippen LogP contribution in [0.1, 0.15) is 5.56 Å². The van der Waals surface area contributed by atoms with Crippen LogP contribution in [-0.2, 0) is 0 Å². The molecule has 0 aliphatic rings. The van der Waals surface area contributed by atoms with E-state index in [2.05, 4.69) is 11.0 Å². The standard InChI is InChI=1S/C11H12Cl2N2/c12-4-6-15(7-5-13)11-3-1-2-10(8-11)9-14/h1-3,8H,4-7H2. The number of nitrogens with zero attached hydrogens (tertiary/aromatic N) is 2. The van der Waals surface area contributed by atoms with Crippen LogP contribution >= 0.6 is 23.2 Å². The molecule has 80 valence electrons. The molecule has 0 bridgehead atoms. The largest absolute Gasteiger partial charge is 0.369 e. The molecule has 0 spiro atoms. The molecule has 0 atom stereocenters. The lowest BCUT2D eigenvalue weighted by atomic mass is 10.2. The lowest BCUT2D eigenvalue weighted by Crippen LogP contribution is -2.27. The van der Waals surface area contributed by atoms with Crippen LogP contribution < -0.4 is 4.90 Å². The molecule has 4 heteroatoms. The predicted octanol–water partition coefficient (Wildman–Crippen LogP) is 2.84. The van der Waals surface area contributed by atoms with Gasteiger partial charge in [0, 0.05) is 30.5 Å². The van der Waals surface area contributed by atoms with Gasteiger partial charge in [0.15, 0.2) is 0 Å². The number of hydrogen-bond acceptors (Lipinski definition) is 2. The minimum atomic E-state index is 0.549. The van der Waals surface area contributed by atoms with Gasteiger partial charge in [0.05, 0.1) is 11.6 Å². The first-order valence-electron chi connectivity index (χ1n) is 4.69. The highest BCUT2D eigenvalue weighted by atomic mass is 35.5. The molecule has 0 aromatic heterocycles. The molecule has 2 nitrogen and oxygen atoms in total. The van der Waals surface area contributed by atoms with E-state index in [4.69, 9.17) is 28.5 Å². The van der Waals surface area contributed by atoms with Crippen molar-refractivity contribution >= 4 is 28.9 Å². The Labute approximate surface area is 100 Å². The van der Waals surface area contributed by atoms with Crippen molar-refractivity contribution < 1.29 is 0 Å². The zero-order chi connectivity index (χ0) is 11.1. The van der Waals surface area contributed by atoms with Gasteiger partial charge in [0.1, 0.15) is 0 Å². The van der Waals surface area contributed by atoms with Crippen LogP contribution in [0.15, 0.2) is 24.3 Å². The molecule has 1 aromatic carbocycles. The van der Waals surface area contributed by atoms with E-state index in [1.165, 1.54) is 0 Å². The SMILES string of the molecule is N#Cc1cccc(N(CCCl)CCCl)c1. The van der Waals surface area contributed by atoms with E-state index in [9.17, 15) is 0 Å². The molecule has 0 saturated heterocycles. The zero-order valence-electron chi connectivity index (χ0n) is 8.29. The Morgan fingerprint density at radius 3 is 2.40 bits per heavy atom. The van der Waals surface area contributed by atoms with Crippen LogP contribution in [0.2, 0.25) is 0 Å². The molecular weight excluding hydrogens is 231 g/mol. The molecule has 0 fully saturated rings. The second-order valence-electron chi connectivity index (χ2n) is 3.03. The minimum Gasteiger partial charge on any atom is -0.369 e. The molecule has 0 aliphatic carbocycles. The van der Waals surface area contributed by atoms with E-state index < -0.39 is 0 Å². The monoisotopic (exact) mass is 242 g/mol. The highest BCUT2D eigenvalue weighted by Crippen LogP contribution is 2.15. The van der Waals surface area contributed by atoms with Gasteiger partial charge in [0.25, 0.3) is 0 Å². The zero-order valence-corrected chi connectivity index (χ0v) is 9.80. The van der Waals surface area contributed by atoms with Crippen LogP contribution in [0.4, 0.5) is 5.69 Å². The maximum Gasteiger partial charge on any atom is 0.0992 e. The Kier molecular flexibility index (Phi) is 5.31. The van der Waals surface area contributed by atoms with E-state index in [0.29, 0.717) is 17.3 Å². The lowest BCUT2D eigenvalue weighted by molar-refractivity contribution is 0.874. The molecule has 1 rings (SSSR count). The van der Waals surface area contributed by atoms with Crippen molar-refractivity contribution in [3.05, 3.63) is 29.8 Å². The highest BCUT2D eigenvalue weighted by molar-refractivity contribution is 6.18. The molecule has 0 unspecified atom stereocenters. The Bertz CT molecular complexity index is 341. The second kappa shape index (κ2) is 6.55. The van der Waals surface area contributed by atoms with E-state index in [-0.39, 0.29) is 0 Å². The number of anilines is 1. The van der Waals surface area contributed by atoms with Crippen molar-refractivity contribution in [2.75, 3.05) is 29.7 Å². The van der Waals surface area contributed by atoms with Crippen molar-refractivity contribution in [2.45, 2.75) is 0 Å². The van der Waals surface area contributed by atoms with Gasteiger partial charge >= 0.3 is 0 Å². The van der Waals surface area contributed by atoms with Gasteiger partial charge < -0.3 is 4.90 Å². The summed E-state index contributed by atoms with van der Waals surface area (Å²) in [6, 6.07) is 9.56. The molecule has 0 amide bonds. The first-order chi connectivity index (χ1) is 7.31. The number of rotatable bonds is 5. The average Bonchev–Trinajstić information content (AvgIpc) is 2.29. The van der Waals surface area contributed by atoms with Crippen molar-refractivity contribution in [3.63, 3.8) is 0 Å². The summed E-state index contributed by atoms with van der Waals surface area (Å²) in [5.74, 6) is 1.10. The van der Waals surface area contributed by atoms with Gasteiger partial charge in [-0.3, -0.25) is 0 Å². The Balaban J connectivity index is 2.85. The maximum absolute atomic E-state index is 8.78. The summed E-state index contributed by atoms with van der Waals surface area (Å²) in [6.45, 7) is 1.48. The summed E-state index contributed by atoms with van der Waals surface area (Å²) in [5, 5.41) is 8.78. The fraction of sp³-hybridized carbons (Fsp3) is 0.364. The fourth-order valence-corrected chi connectivity index (χ4v) is 1.75. The van der Waals surface area contributed by atoms with Crippen LogP contribution in [0, 0.1) is 11.3 Å². The Morgan fingerprint density at radius 1 is 1.20 bits per heavy atom. The second-order valence-corrected chi connectivity index (χ2v) is 3.78. The first kappa shape index (κ1) is 12.2. The third-order valence-electron chi connectivity index (χ3n) is 2.05. The average molecular weight is 243 g/mol. The van der Waals surface area contributed by atoms with Crippen molar-refractivity contribution in [1.82, 2.24) is 0 Å². The number of nitriles is 1. The summed E-state index contributed by atoms with van der Waals surface area (Å²) in [5.41, 5.74) is 1.65. The van der Waals surface area contributed by atoms with Crippen LogP contribution in [-0.4, -0.2) is 24.8 Å².